The number of piperidine rings is 1. The molecular formula is C26H40N2O3. The predicted molar refractivity (Wildman–Crippen MR) is 124 cm³/mol. The van der Waals surface area contributed by atoms with Crippen molar-refractivity contribution >= 4 is 12.0 Å². The Morgan fingerprint density at radius 2 is 1.65 bits per heavy atom. The highest BCUT2D eigenvalue weighted by atomic mass is 16.6. The normalized spacial score (nSPS) is 19.3. The van der Waals surface area contributed by atoms with Crippen LogP contribution in [0.5, 0.6) is 0 Å². The summed E-state index contributed by atoms with van der Waals surface area (Å²) in [5.41, 5.74) is 0.794. The van der Waals surface area contributed by atoms with E-state index in [1.807, 2.05) is 43.9 Å². The molecule has 5 nitrogen and oxygen atoms in total. The summed E-state index contributed by atoms with van der Waals surface area (Å²) in [6.45, 7) is 7.88. The Balaban J connectivity index is 1.50. The Morgan fingerprint density at radius 1 is 1.03 bits per heavy atom. The molecule has 0 spiro atoms. The number of ether oxygens (including phenoxy) is 1. The van der Waals surface area contributed by atoms with E-state index in [1.165, 1.54) is 31.2 Å². The predicted octanol–water partition coefficient (Wildman–Crippen LogP) is 5.19. The van der Waals surface area contributed by atoms with Crippen molar-refractivity contribution in [2.24, 2.45) is 17.8 Å². The molecule has 2 aliphatic rings. The van der Waals surface area contributed by atoms with Gasteiger partial charge < -0.3 is 15.0 Å². The molecule has 1 aliphatic carbocycles. The highest BCUT2D eigenvalue weighted by molar-refractivity contribution is 5.76. The molecule has 1 heterocycles. The largest absolute Gasteiger partial charge is 0.444 e. The van der Waals surface area contributed by atoms with Gasteiger partial charge >= 0.3 is 6.09 Å². The van der Waals surface area contributed by atoms with Crippen molar-refractivity contribution in [1.82, 2.24) is 10.2 Å². The van der Waals surface area contributed by atoms with E-state index in [0.29, 0.717) is 30.7 Å². The molecule has 1 aromatic carbocycles. The molecule has 172 valence electrons. The quantitative estimate of drug-likeness (QED) is 0.650. The van der Waals surface area contributed by atoms with Gasteiger partial charge in [0.25, 0.3) is 0 Å². The Labute approximate surface area is 187 Å². The lowest BCUT2D eigenvalue weighted by Gasteiger charge is -2.38. The summed E-state index contributed by atoms with van der Waals surface area (Å²) in [6.07, 6.45) is 8.28. The molecule has 0 aromatic heterocycles. The van der Waals surface area contributed by atoms with Crippen LogP contribution in [0.2, 0.25) is 0 Å². The van der Waals surface area contributed by atoms with Crippen molar-refractivity contribution in [3.63, 3.8) is 0 Å². The smallest absolute Gasteiger partial charge is 0.410 e. The second-order valence-corrected chi connectivity index (χ2v) is 10.3. The van der Waals surface area contributed by atoms with Crippen LogP contribution in [0.15, 0.2) is 30.3 Å². The van der Waals surface area contributed by atoms with Crippen LogP contribution in [-0.4, -0.2) is 42.1 Å². The third kappa shape index (κ3) is 7.55. The second-order valence-electron chi connectivity index (χ2n) is 10.3. The van der Waals surface area contributed by atoms with E-state index in [9.17, 15) is 9.59 Å². The maximum Gasteiger partial charge on any atom is 0.410 e. The van der Waals surface area contributed by atoms with Gasteiger partial charge in [0.15, 0.2) is 0 Å². The summed E-state index contributed by atoms with van der Waals surface area (Å²) < 4.78 is 5.54. The van der Waals surface area contributed by atoms with Gasteiger partial charge in [0, 0.05) is 26.1 Å². The average Bonchev–Trinajstić information content (AvgIpc) is 3.26. The summed E-state index contributed by atoms with van der Waals surface area (Å²) in [5, 5.41) is 3.15. The Morgan fingerprint density at radius 3 is 2.26 bits per heavy atom. The number of hydrogen-bond acceptors (Lipinski definition) is 3. The fourth-order valence-electron chi connectivity index (χ4n) is 5.22. The summed E-state index contributed by atoms with van der Waals surface area (Å²) in [7, 11) is 0. The first kappa shape index (κ1) is 23.6. The molecule has 0 radical (unpaired) electrons. The van der Waals surface area contributed by atoms with E-state index < -0.39 is 5.60 Å². The molecule has 0 unspecified atom stereocenters. The van der Waals surface area contributed by atoms with Gasteiger partial charge in [-0.15, -0.1) is 0 Å². The summed E-state index contributed by atoms with van der Waals surface area (Å²) >= 11 is 0. The Bertz CT molecular complexity index is 699. The first-order valence-corrected chi connectivity index (χ1v) is 12.1. The Hall–Kier alpha value is -2.04. The monoisotopic (exact) mass is 428 g/mol. The van der Waals surface area contributed by atoms with Gasteiger partial charge in [0.1, 0.15) is 5.60 Å². The van der Waals surface area contributed by atoms with Crippen LogP contribution >= 0.6 is 0 Å². The average molecular weight is 429 g/mol. The topological polar surface area (TPSA) is 58.6 Å². The van der Waals surface area contributed by atoms with Crippen LogP contribution in [0.4, 0.5) is 4.79 Å². The highest BCUT2D eigenvalue weighted by Crippen LogP contribution is 2.41. The van der Waals surface area contributed by atoms with E-state index in [-0.39, 0.29) is 12.0 Å². The van der Waals surface area contributed by atoms with Crippen molar-refractivity contribution in [3.05, 3.63) is 35.9 Å². The van der Waals surface area contributed by atoms with Gasteiger partial charge in [-0.25, -0.2) is 4.79 Å². The first-order valence-electron chi connectivity index (χ1n) is 12.1. The summed E-state index contributed by atoms with van der Waals surface area (Å²) in [6, 6.07) is 10.3. The molecule has 1 aliphatic heterocycles. The zero-order valence-electron chi connectivity index (χ0n) is 19.6. The van der Waals surface area contributed by atoms with E-state index in [2.05, 4.69) is 17.4 Å². The van der Waals surface area contributed by atoms with E-state index in [4.69, 9.17) is 4.74 Å². The number of benzene rings is 1. The van der Waals surface area contributed by atoms with Gasteiger partial charge in [-0.05, 0) is 63.4 Å². The van der Waals surface area contributed by atoms with Gasteiger partial charge in [-0.3, -0.25) is 4.79 Å². The summed E-state index contributed by atoms with van der Waals surface area (Å²) in [4.78, 5) is 27.0. The SMILES string of the molecule is CC(C)(C)OC(=O)N1CCC([C@@H](CC(=O)NCCc2ccccc2)C2CCCC2)CC1. The van der Waals surface area contributed by atoms with Crippen molar-refractivity contribution in [2.45, 2.75) is 77.7 Å². The van der Waals surface area contributed by atoms with Crippen LogP contribution < -0.4 is 5.32 Å². The Kier molecular flexibility index (Phi) is 8.39. The van der Waals surface area contributed by atoms with Crippen LogP contribution in [0.3, 0.4) is 0 Å². The molecule has 5 heteroatoms. The van der Waals surface area contributed by atoms with Crippen LogP contribution in [0, 0.1) is 17.8 Å². The number of carbonyl (C=O) groups is 2. The molecule has 1 aromatic rings. The lowest BCUT2D eigenvalue weighted by atomic mass is 9.74. The first-order chi connectivity index (χ1) is 14.8. The van der Waals surface area contributed by atoms with Crippen LogP contribution in [-0.2, 0) is 16.0 Å². The third-order valence-electron chi connectivity index (χ3n) is 6.80. The number of carbonyl (C=O) groups excluding carboxylic acids is 2. The molecule has 2 fully saturated rings. The molecule has 1 atom stereocenters. The zero-order valence-corrected chi connectivity index (χ0v) is 19.6. The van der Waals surface area contributed by atoms with Crippen molar-refractivity contribution < 1.29 is 14.3 Å². The number of nitrogens with zero attached hydrogens (tertiary/aromatic N) is 1. The molecular weight excluding hydrogens is 388 g/mol. The molecule has 1 N–H and O–H groups in total. The zero-order chi connectivity index (χ0) is 22.3. The molecule has 2 amide bonds. The molecule has 1 saturated carbocycles. The minimum absolute atomic E-state index is 0.183. The number of amides is 2. The fourth-order valence-corrected chi connectivity index (χ4v) is 5.22. The summed E-state index contributed by atoms with van der Waals surface area (Å²) in [5.74, 6) is 1.78. The van der Waals surface area contributed by atoms with E-state index >= 15 is 0 Å². The number of likely N-dealkylation sites (tertiary alicyclic amines) is 1. The van der Waals surface area contributed by atoms with Crippen LogP contribution in [0.1, 0.15) is 71.3 Å². The number of rotatable bonds is 7. The minimum atomic E-state index is -0.460. The molecule has 31 heavy (non-hydrogen) atoms. The number of hydrogen-bond donors (Lipinski definition) is 1. The van der Waals surface area contributed by atoms with Crippen molar-refractivity contribution in [3.8, 4) is 0 Å². The lowest BCUT2D eigenvalue weighted by Crippen LogP contribution is -2.44. The van der Waals surface area contributed by atoms with Gasteiger partial charge in [0.05, 0.1) is 0 Å². The maximum absolute atomic E-state index is 12.8. The maximum atomic E-state index is 12.8. The van der Waals surface area contributed by atoms with Gasteiger partial charge in [-0.2, -0.15) is 0 Å². The van der Waals surface area contributed by atoms with E-state index in [0.717, 1.165) is 32.4 Å². The van der Waals surface area contributed by atoms with Gasteiger partial charge in [0.2, 0.25) is 5.91 Å². The molecule has 3 rings (SSSR count). The highest BCUT2D eigenvalue weighted by Gasteiger charge is 2.36. The standard InChI is InChI=1S/C26H40N2O3/c1-26(2,3)31-25(30)28-17-14-22(15-18-28)23(21-11-7-8-12-21)19-24(29)27-16-13-20-9-5-4-6-10-20/h4-6,9-10,21-23H,7-8,11-19H2,1-3H3,(H,27,29)/t23-/m0/s1. The van der Waals surface area contributed by atoms with Crippen LogP contribution in [0.25, 0.3) is 0 Å². The van der Waals surface area contributed by atoms with E-state index in [1.54, 1.807) is 0 Å². The third-order valence-corrected chi connectivity index (χ3v) is 6.80. The second kappa shape index (κ2) is 11.0. The molecule has 0 bridgehead atoms. The van der Waals surface area contributed by atoms with Crippen molar-refractivity contribution in [1.29, 1.82) is 0 Å². The molecule has 1 saturated heterocycles. The minimum Gasteiger partial charge on any atom is -0.444 e. The fraction of sp³-hybridized carbons (Fsp3) is 0.692. The van der Waals surface area contributed by atoms with Gasteiger partial charge in [-0.1, -0.05) is 56.0 Å². The number of nitrogens with one attached hydrogen (secondary N) is 1. The van der Waals surface area contributed by atoms with Crippen molar-refractivity contribution in [2.75, 3.05) is 19.6 Å². The lowest BCUT2D eigenvalue weighted by molar-refractivity contribution is -0.123.